The molecule has 0 spiro atoms. The molecular weight excluding hydrogens is 352 g/mol. The molecule has 0 aliphatic rings. The third-order valence-electron chi connectivity index (χ3n) is 3.47. The maximum atomic E-state index is 12.8. The van der Waals surface area contributed by atoms with E-state index < -0.39 is 16.1 Å². The number of carbonyl (C=O) groups excluding carboxylic acids is 1. The Balaban J connectivity index is 3.33. The molecular formula is C16H25ClN2O4S. The van der Waals surface area contributed by atoms with Crippen molar-refractivity contribution in [3.05, 3.63) is 22.7 Å². The summed E-state index contributed by atoms with van der Waals surface area (Å²) in [5.41, 5.74) is 0.712. The lowest BCUT2D eigenvalue weighted by Crippen LogP contribution is -2.49. The van der Waals surface area contributed by atoms with Gasteiger partial charge >= 0.3 is 0 Å². The Labute approximate surface area is 149 Å². The maximum Gasteiger partial charge on any atom is 0.245 e. The largest absolute Gasteiger partial charge is 0.492 e. The highest BCUT2D eigenvalue weighted by molar-refractivity contribution is 7.89. The Hall–Kier alpha value is -1.31. The predicted octanol–water partition coefficient (Wildman–Crippen LogP) is 2.44. The number of hydrogen-bond donors (Lipinski definition) is 1. The summed E-state index contributed by atoms with van der Waals surface area (Å²) in [6.07, 6.45) is 0. The summed E-state index contributed by atoms with van der Waals surface area (Å²) in [4.78, 5) is 13.6. The van der Waals surface area contributed by atoms with Crippen LogP contribution in [-0.2, 0) is 14.8 Å². The van der Waals surface area contributed by atoms with Crippen LogP contribution in [0.2, 0.25) is 5.02 Å². The highest BCUT2D eigenvalue weighted by Crippen LogP contribution is 2.30. The van der Waals surface area contributed by atoms with Crippen molar-refractivity contribution < 1.29 is 17.9 Å². The fourth-order valence-corrected chi connectivity index (χ4v) is 3.81. The highest BCUT2D eigenvalue weighted by atomic mass is 35.5. The van der Waals surface area contributed by atoms with Crippen LogP contribution in [0.15, 0.2) is 17.0 Å². The van der Waals surface area contributed by atoms with Gasteiger partial charge < -0.3 is 9.64 Å². The van der Waals surface area contributed by atoms with Crippen molar-refractivity contribution >= 4 is 27.5 Å². The summed E-state index contributed by atoms with van der Waals surface area (Å²) in [7, 11) is -0.815. The summed E-state index contributed by atoms with van der Waals surface area (Å²) >= 11 is 6.08. The molecule has 0 saturated carbocycles. The molecule has 0 aliphatic heterocycles. The molecule has 0 bridgehead atoms. The van der Waals surface area contributed by atoms with E-state index in [9.17, 15) is 13.2 Å². The topological polar surface area (TPSA) is 75.7 Å². The lowest BCUT2D eigenvalue weighted by molar-refractivity contribution is -0.131. The second kappa shape index (κ2) is 8.18. The zero-order chi connectivity index (χ0) is 18.7. The van der Waals surface area contributed by atoms with Crippen molar-refractivity contribution in [1.82, 2.24) is 9.62 Å². The number of sulfonamides is 1. The Morgan fingerprint density at radius 2 is 1.92 bits per heavy atom. The van der Waals surface area contributed by atoms with E-state index in [0.29, 0.717) is 17.2 Å². The Kier molecular flexibility index (Phi) is 7.07. The van der Waals surface area contributed by atoms with Gasteiger partial charge in [0.1, 0.15) is 16.7 Å². The molecule has 24 heavy (non-hydrogen) atoms. The van der Waals surface area contributed by atoms with Crippen LogP contribution in [0.5, 0.6) is 5.75 Å². The van der Waals surface area contributed by atoms with Crippen molar-refractivity contribution in [3.8, 4) is 5.75 Å². The number of benzene rings is 1. The first kappa shape index (κ1) is 20.7. The minimum absolute atomic E-state index is 0.0721. The van der Waals surface area contributed by atoms with Crippen molar-refractivity contribution in [3.63, 3.8) is 0 Å². The molecule has 8 heteroatoms. The first-order valence-electron chi connectivity index (χ1n) is 7.67. The Morgan fingerprint density at radius 3 is 2.38 bits per heavy atom. The minimum Gasteiger partial charge on any atom is -0.492 e. The summed E-state index contributed by atoms with van der Waals surface area (Å²) in [6, 6.07) is 2.06. The van der Waals surface area contributed by atoms with E-state index in [1.807, 2.05) is 0 Å². The van der Waals surface area contributed by atoms with Gasteiger partial charge in [0.2, 0.25) is 15.9 Å². The van der Waals surface area contributed by atoms with Gasteiger partial charge in [-0.3, -0.25) is 4.79 Å². The molecule has 1 rings (SSSR count). The summed E-state index contributed by atoms with van der Waals surface area (Å²) in [6.45, 7) is 7.40. The van der Waals surface area contributed by atoms with Gasteiger partial charge in [0, 0.05) is 19.1 Å². The van der Waals surface area contributed by atoms with Crippen LogP contribution in [0.1, 0.15) is 26.3 Å². The molecule has 1 unspecified atom stereocenters. The Bertz CT molecular complexity index is 702. The van der Waals surface area contributed by atoms with E-state index >= 15 is 0 Å². The van der Waals surface area contributed by atoms with Crippen molar-refractivity contribution in [2.45, 2.75) is 38.6 Å². The van der Waals surface area contributed by atoms with Gasteiger partial charge in [-0.25, -0.2) is 8.42 Å². The average Bonchev–Trinajstić information content (AvgIpc) is 2.47. The fourth-order valence-electron chi connectivity index (χ4n) is 2.10. The number of aryl methyl sites for hydroxylation is 1. The third-order valence-corrected chi connectivity index (χ3v) is 5.34. The van der Waals surface area contributed by atoms with Gasteiger partial charge in [0.15, 0.2) is 0 Å². The van der Waals surface area contributed by atoms with Crippen LogP contribution in [-0.4, -0.2) is 46.0 Å². The molecule has 136 valence electrons. The number of amides is 1. The van der Waals surface area contributed by atoms with Crippen molar-refractivity contribution in [2.75, 3.05) is 20.7 Å². The van der Waals surface area contributed by atoms with Crippen molar-refractivity contribution in [2.24, 2.45) is 5.92 Å². The second-order valence-electron chi connectivity index (χ2n) is 6.06. The maximum absolute atomic E-state index is 12.8. The number of ether oxygens (including phenoxy) is 1. The van der Waals surface area contributed by atoms with Crippen LogP contribution in [0.4, 0.5) is 0 Å². The number of hydrogen-bond acceptors (Lipinski definition) is 4. The van der Waals surface area contributed by atoms with Crippen molar-refractivity contribution in [1.29, 1.82) is 0 Å². The normalized spacial score (nSPS) is 13.0. The number of rotatable bonds is 7. The molecule has 1 aromatic rings. The van der Waals surface area contributed by atoms with E-state index in [1.54, 1.807) is 47.9 Å². The average molecular weight is 377 g/mol. The number of carbonyl (C=O) groups is 1. The van der Waals surface area contributed by atoms with E-state index in [4.69, 9.17) is 16.3 Å². The van der Waals surface area contributed by atoms with Crippen LogP contribution in [0, 0.1) is 12.8 Å². The zero-order valence-electron chi connectivity index (χ0n) is 14.9. The molecule has 1 atom stereocenters. The van der Waals surface area contributed by atoms with Crippen LogP contribution in [0.3, 0.4) is 0 Å². The lowest BCUT2D eigenvalue weighted by atomic mass is 10.0. The SMILES string of the molecule is CCOc1cc(C)c(Cl)cc1S(=O)(=O)NC(C(=O)N(C)C)C(C)C. The zero-order valence-corrected chi connectivity index (χ0v) is 16.5. The molecule has 0 heterocycles. The number of nitrogens with one attached hydrogen (secondary N) is 1. The lowest BCUT2D eigenvalue weighted by Gasteiger charge is -2.25. The number of nitrogens with zero attached hydrogens (tertiary/aromatic N) is 1. The van der Waals surface area contributed by atoms with E-state index in [2.05, 4.69) is 4.72 Å². The monoisotopic (exact) mass is 376 g/mol. The molecule has 1 amide bonds. The minimum atomic E-state index is -3.98. The smallest absolute Gasteiger partial charge is 0.245 e. The fraction of sp³-hybridized carbons (Fsp3) is 0.562. The van der Waals surface area contributed by atoms with Gasteiger partial charge in [-0.05, 0) is 37.5 Å². The van der Waals surface area contributed by atoms with E-state index in [1.165, 1.54) is 11.0 Å². The molecule has 0 aromatic heterocycles. The molecule has 1 aromatic carbocycles. The number of halogens is 1. The Morgan fingerprint density at radius 1 is 1.33 bits per heavy atom. The molecule has 0 aliphatic carbocycles. The second-order valence-corrected chi connectivity index (χ2v) is 8.15. The van der Waals surface area contributed by atoms with Gasteiger partial charge in [-0.1, -0.05) is 25.4 Å². The summed E-state index contributed by atoms with van der Waals surface area (Å²) < 4.78 is 33.5. The van der Waals surface area contributed by atoms with Crippen LogP contribution >= 0.6 is 11.6 Å². The van der Waals surface area contributed by atoms with E-state index in [-0.39, 0.29) is 22.5 Å². The summed E-state index contributed by atoms with van der Waals surface area (Å²) in [5.74, 6) is -0.317. The molecule has 0 saturated heterocycles. The molecule has 1 N–H and O–H groups in total. The highest BCUT2D eigenvalue weighted by Gasteiger charge is 2.31. The summed E-state index contributed by atoms with van der Waals surface area (Å²) in [5, 5.41) is 0.318. The van der Waals surface area contributed by atoms with Gasteiger partial charge in [-0.15, -0.1) is 0 Å². The van der Waals surface area contributed by atoms with E-state index in [0.717, 1.165) is 0 Å². The van der Waals surface area contributed by atoms with Crippen LogP contribution < -0.4 is 9.46 Å². The first-order chi connectivity index (χ1) is 11.0. The first-order valence-corrected chi connectivity index (χ1v) is 9.53. The molecule has 6 nitrogen and oxygen atoms in total. The standard InChI is InChI=1S/C16H25ClN2O4S/c1-7-23-13-8-11(4)12(17)9-14(13)24(21,22)18-15(10(2)3)16(20)19(5)6/h8-10,15,18H,7H2,1-6H3. The molecule has 0 radical (unpaired) electrons. The molecule has 0 fully saturated rings. The number of likely N-dealkylation sites (N-methyl/N-ethyl adjacent to an activating group) is 1. The quantitative estimate of drug-likeness (QED) is 0.793. The van der Waals surface area contributed by atoms with Gasteiger partial charge in [0.25, 0.3) is 0 Å². The third kappa shape index (κ3) is 4.84. The predicted molar refractivity (Wildman–Crippen MR) is 95.0 cm³/mol. The van der Waals surface area contributed by atoms with Gasteiger partial charge in [0.05, 0.1) is 6.61 Å². The van der Waals surface area contributed by atoms with Crippen LogP contribution in [0.25, 0.3) is 0 Å². The van der Waals surface area contributed by atoms with Gasteiger partial charge in [-0.2, -0.15) is 4.72 Å².